The second kappa shape index (κ2) is 9.73. The van der Waals surface area contributed by atoms with Crippen molar-refractivity contribution in [2.24, 2.45) is 0 Å². The fraction of sp³-hybridized carbons (Fsp3) is 0.600. The van der Waals surface area contributed by atoms with Gasteiger partial charge in [-0.3, -0.25) is 0 Å². The lowest BCUT2D eigenvalue weighted by atomic mass is 9.96. The Labute approximate surface area is 191 Å². The predicted octanol–water partition coefficient (Wildman–Crippen LogP) is 2.52. The minimum Gasteiger partial charge on any atom is -0.374 e. The third-order valence-electron chi connectivity index (χ3n) is 7.02. The van der Waals surface area contributed by atoms with Crippen LogP contribution in [0.5, 0.6) is 0 Å². The van der Waals surface area contributed by atoms with E-state index in [0.29, 0.717) is 0 Å². The van der Waals surface area contributed by atoms with Crippen molar-refractivity contribution < 1.29 is 4.74 Å². The van der Waals surface area contributed by atoms with Crippen molar-refractivity contribution in [3.63, 3.8) is 0 Å². The summed E-state index contributed by atoms with van der Waals surface area (Å²) >= 11 is 0. The first-order valence-electron chi connectivity index (χ1n) is 12.1. The van der Waals surface area contributed by atoms with Gasteiger partial charge in [0, 0.05) is 68.3 Å². The number of ether oxygens (including phenoxy) is 1. The Morgan fingerprint density at radius 2 is 1.72 bits per heavy atom. The number of aryl methyl sites for hydroxylation is 1. The van der Waals surface area contributed by atoms with Crippen LogP contribution in [0.15, 0.2) is 24.3 Å². The molecule has 2 saturated heterocycles. The zero-order valence-electron chi connectivity index (χ0n) is 19.5. The molecule has 0 radical (unpaired) electrons. The van der Waals surface area contributed by atoms with Crippen LogP contribution in [0.4, 0.5) is 11.5 Å². The zero-order chi connectivity index (χ0) is 21.9. The average molecular weight is 437 g/mol. The number of rotatable bonds is 5. The highest BCUT2D eigenvalue weighted by atomic mass is 16.5. The first-order chi connectivity index (χ1) is 15.7. The van der Waals surface area contributed by atoms with Gasteiger partial charge < -0.3 is 24.8 Å². The zero-order valence-corrected chi connectivity index (χ0v) is 19.5. The maximum absolute atomic E-state index is 5.95. The molecule has 1 atom stereocenters. The molecule has 3 aliphatic rings. The fourth-order valence-corrected chi connectivity index (χ4v) is 4.96. The van der Waals surface area contributed by atoms with Crippen molar-refractivity contribution in [1.82, 2.24) is 19.8 Å². The Morgan fingerprint density at radius 3 is 2.50 bits per heavy atom. The number of hydrogen-bond donors (Lipinski definition) is 1. The molecule has 1 unspecified atom stereocenters. The highest BCUT2D eigenvalue weighted by molar-refractivity contribution is 5.63. The molecule has 2 fully saturated rings. The summed E-state index contributed by atoms with van der Waals surface area (Å²) in [5.41, 5.74) is 4.90. The van der Waals surface area contributed by atoms with E-state index in [2.05, 4.69) is 58.4 Å². The van der Waals surface area contributed by atoms with Crippen LogP contribution < -0.4 is 10.2 Å². The van der Waals surface area contributed by atoms with Crippen molar-refractivity contribution in [3.05, 3.63) is 35.5 Å². The van der Waals surface area contributed by atoms with E-state index >= 15 is 0 Å². The van der Waals surface area contributed by atoms with Crippen molar-refractivity contribution >= 4 is 11.5 Å². The minimum atomic E-state index is 0.203. The number of benzene rings is 1. The number of nitrogens with zero attached hydrogens (tertiary/aromatic N) is 5. The number of piperazine rings is 1. The van der Waals surface area contributed by atoms with Gasteiger partial charge in [0.25, 0.3) is 0 Å². The van der Waals surface area contributed by atoms with Crippen LogP contribution in [0.2, 0.25) is 0 Å². The van der Waals surface area contributed by atoms with Crippen molar-refractivity contribution in [1.29, 1.82) is 0 Å². The summed E-state index contributed by atoms with van der Waals surface area (Å²) in [6, 6.07) is 8.81. The molecule has 7 heteroatoms. The molecule has 32 heavy (non-hydrogen) atoms. The molecule has 5 rings (SSSR count). The van der Waals surface area contributed by atoms with E-state index in [0.717, 1.165) is 82.5 Å². The maximum atomic E-state index is 5.95. The SMILES string of the molecule is CN1CCN(c2ccc(-c3nc4c(c(NCC5CN(C)CCO5)n3)CCCC4)cc2)CC1. The lowest BCUT2D eigenvalue weighted by Gasteiger charge is -2.34. The van der Waals surface area contributed by atoms with E-state index < -0.39 is 0 Å². The topological polar surface area (TPSA) is 56.8 Å². The Morgan fingerprint density at radius 1 is 0.938 bits per heavy atom. The number of aromatic nitrogens is 2. The highest BCUT2D eigenvalue weighted by Crippen LogP contribution is 2.29. The van der Waals surface area contributed by atoms with E-state index in [1.807, 2.05) is 0 Å². The Kier molecular flexibility index (Phi) is 6.57. The van der Waals surface area contributed by atoms with Crippen molar-refractivity contribution in [2.45, 2.75) is 31.8 Å². The Bertz CT molecular complexity index is 909. The minimum absolute atomic E-state index is 0.203. The molecule has 0 bridgehead atoms. The molecule has 0 amide bonds. The van der Waals surface area contributed by atoms with Gasteiger partial charge in [0.1, 0.15) is 5.82 Å². The fourth-order valence-electron chi connectivity index (χ4n) is 4.96. The summed E-state index contributed by atoms with van der Waals surface area (Å²) < 4.78 is 5.95. The second-order valence-electron chi connectivity index (χ2n) is 9.50. The van der Waals surface area contributed by atoms with Crippen LogP contribution in [-0.4, -0.2) is 92.4 Å². The summed E-state index contributed by atoms with van der Waals surface area (Å²) in [4.78, 5) is 17.2. The number of likely N-dealkylation sites (N-methyl/N-ethyl adjacent to an activating group) is 2. The normalized spacial score (nSPS) is 22.6. The van der Waals surface area contributed by atoms with E-state index in [4.69, 9.17) is 14.7 Å². The molecule has 1 aliphatic carbocycles. The quantitative estimate of drug-likeness (QED) is 0.773. The van der Waals surface area contributed by atoms with Gasteiger partial charge in [0.05, 0.1) is 12.7 Å². The van der Waals surface area contributed by atoms with Crippen LogP contribution >= 0.6 is 0 Å². The van der Waals surface area contributed by atoms with Gasteiger partial charge in [-0.05, 0) is 64.0 Å². The van der Waals surface area contributed by atoms with Crippen molar-refractivity contribution in [2.75, 3.05) is 76.7 Å². The molecule has 0 saturated carbocycles. The summed E-state index contributed by atoms with van der Waals surface area (Å²) in [6.45, 7) is 7.95. The number of fused-ring (bicyclic) bond motifs is 1. The molecule has 1 aromatic heterocycles. The van der Waals surface area contributed by atoms with Gasteiger partial charge in [0.15, 0.2) is 5.82 Å². The lowest BCUT2D eigenvalue weighted by molar-refractivity contribution is -0.0117. The van der Waals surface area contributed by atoms with E-state index in [1.54, 1.807) is 0 Å². The third-order valence-corrected chi connectivity index (χ3v) is 7.02. The standard InChI is InChI=1S/C25H36N6O/c1-29-11-13-31(14-12-29)20-9-7-19(8-10-20)24-27-23-6-4-3-5-22(23)25(28-24)26-17-21-18-30(2)15-16-32-21/h7-10,21H,3-6,11-18H2,1-2H3,(H,26,27,28). The Balaban J connectivity index is 1.35. The summed E-state index contributed by atoms with van der Waals surface area (Å²) in [7, 11) is 4.35. The summed E-state index contributed by atoms with van der Waals surface area (Å²) in [5.74, 6) is 1.84. The molecule has 0 spiro atoms. The van der Waals surface area contributed by atoms with Gasteiger partial charge in [-0.2, -0.15) is 0 Å². The molecular weight excluding hydrogens is 400 g/mol. The third kappa shape index (κ3) is 4.90. The monoisotopic (exact) mass is 436 g/mol. The molecule has 2 aromatic rings. The van der Waals surface area contributed by atoms with Crippen LogP contribution in [0.25, 0.3) is 11.4 Å². The first kappa shape index (κ1) is 21.6. The highest BCUT2D eigenvalue weighted by Gasteiger charge is 2.22. The molecule has 1 N–H and O–H groups in total. The molecule has 3 heterocycles. The molecule has 2 aliphatic heterocycles. The van der Waals surface area contributed by atoms with Crippen LogP contribution in [-0.2, 0) is 17.6 Å². The molecule has 7 nitrogen and oxygen atoms in total. The first-order valence-corrected chi connectivity index (χ1v) is 12.1. The summed E-state index contributed by atoms with van der Waals surface area (Å²) in [6.07, 6.45) is 4.73. The largest absolute Gasteiger partial charge is 0.374 e. The van der Waals surface area contributed by atoms with Crippen molar-refractivity contribution in [3.8, 4) is 11.4 Å². The maximum Gasteiger partial charge on any atom is 0.161 e. The van der Waals surface area contributed by atoms with E-state index in [1.165, 1.54) is 29.8 Å². The van der Waals surface area contributed by atoms with Crippen LogP contribution in [0.1, 0.15) is 24.1 Å². The number of hydrogen-bond acceptors (Lipinski definition) is 7. The number of anilines is 2. The van der Waals surface area contributed by atoms with Crippen LogP contribution in [0, 0.1) is 0 Å². The van der Waals surface area contributed by atoms with Gasteiger partial charge in [-0.1, -0.05) is 0 Å². The molecule has 1 aromatic carbocycles. The predicted molar refractivity (Wildman–Crippen MR) is 130 cm³/mol. The average Bonchev–Trinajstić information content (AvgIpc) is 2.83. The number of nitrogens with one attached hydrogen (secondary N) is 1. The van der Waals surface area contributed by atoms with E-state index in [-0.39, 0.29) is 6.10 Å². The van der Waals surface area contributed by atoms with Gasteiger partial charge in [-0.15, -0.1) is 0 Å². The summed E-state index contributed by atoms with van der Waals surface area (Å²) in [5, 5.41) is 3.62. The Hall–Kier alpha value is -2.22. The molecular formula is C25H36N6O. The second-order valence-corrected chi connectivity index (χ2v) is 9.50. The van der Waals surface area contributed by atoms with Gasteiger partial charge in [-0.25, -0.2) is 9.97 Å². The smallest absolute Gasteiger partial charge is 0.161 e. The van der Waals surface area contributed by atoms with E-state index in [9.17, 15) is 0 Å². The molecule has 172 valence electrons. The van der Waals surface area contributed by atoms with Gasteiger partial charge >= 0.3 is 0 Å². The van der Waals surface area contributed by atoms with Gasteiger partial charge in [0.2, 0.25) is 0 Å². The lowest BCUT2D eigenvalue weighted by Crippen LogP contribution is -2.44. The number of morpholine rings is 1. The van der Waals surface area contributed by atoms with Crippen LogP contribution in [0.3, 0.4) is 0 Å².